The summed E-state index contributed by atoms with van der Waals surface area (Å²) in [7, 11) is 0. The highest BCUT2D eigenvalue weighted by Gasteiger charge is 2.35. The van der Waals surface area contributed by atoms with Crippen LogP contribution in [0.1, 0.15) is 11.1 Å². The fourth-order valence-electron chi connectivity index (χ4n) is 2.28. The van der Waals surface area contributed by atoms with Crippen LogP contribution in [-0.4, -0.2) is 21.0 Å². The quantitative estimate of drug-likeness (QED) is 0.625. The van der Waals surface area contributed by atoms with Crippen molar-refractivity contribution in [1.29, 1.82) is 0 Å². The number of ether oxygens (including phenoxy) is 1. The van der Waals surface area contributed by atoms with Crippen molar-refractivity contribution in [2.24, 2.45) is 0 Å². The number of nitrogens with zero attached hydrogens (tertiary/aromatic N) is 3. The first-order valence-electron chi connectivity index (χ1n) is 6.83. The number of aromatic nitrogens is 3. The van der Waals surface area contributed by atoms with Gasteiger partial charge in [0.1, 0.15) is 11.3 Å². The lowest BCUT2D eigenvalue weighted by molar-refractivity contribution is -0.274. The van der Waals surface area contributed by atoms with E-state index in [0.717, 1.165) is 10.6 Å². The predicted octanol–water partition coefficient (Wildman–Crippen LogP) is 4.62. The third-order valence-electron chi connectivity index (χ3n) is 3.37. The molecule has 0 unspecified atom stereocenters. The molecule has 0 aliphatic heterocycles. The van der Waals surface area contributed by atoms with Gasteiger partial charge in [-0.25, -0.2) is 9.50 Å². The second kappa shape index (κ2) is 5.64. The number of aryl methyl sites for hydroxylation is 1. The minimum absolute atomic E-state index is 0.167. The highest BCUT2D eigenvalue weighted by atomic mass is 19.4. The normalized spacial score (nSPS) is 12.6. The lowest BCUT2D eigenvalue weighted by Crippen LogP contribution is -2.17. The van der Waals surface area contributed by atoms with Crippen molar-refractivity contribution in [3.63, 3.8) is 0 Å². The maximum Gasteiger partial charge on any atom is 0.573 e. The molecule has 10 heteroatoms. The number of alkyl halides is 6. The third-order valence-corrected chi connectivity index (χ3v) is 3.37. The molecule has 3 aromatic rings. The highest BCUT2D eigenvalue weighted by molar-refractivity contribution is 5.65. The molecule has 4 nitrogen and oxygen atoms in total. The van der Waals surface area contributed by atoms with E-state index in [9.17, 15) is 26.3 Å². The van der Waals surface area contributed by atoms with Gasteiger partial charge in [-0.1, -0.05) is 0 Å². The monoisotopic (exact) mass is 361 g/mol. The number of hydrogen-bond acceptors (Lipinski definition) is 3. The van der Waals surface area contributed by atoms with Crippen molar-refractivity contribution in [3.05, 3.63) is 47.8 Å². The summed E-state index contributed by atoms with van der Waals surface area (Å²) in [6.45, 7) is 1.39. The summed E-state index contributed by atoms with van der Waals surface area (Å²) in [4.78, 5) is 3.93. The van der Waals surface area contributed by atoms with E-state index in [2.05, 4.69) is 14.8 Å². The van der Waals surface area contributed by atoms with Gasteiger partial charge in [-0.15, -0.1) is 13.2 Å². The highest BCUT2D eigenvalue weighted by Crippen LogP contribution is 2.33. The maximum absolute atomic E-state index is 12.9. The average molecular weight is 361 g/mol. The van der Waals surface area contributed by atoms with Gasteiger partial charge in [0.05, 0.1) is 11.9 Å². The molecule has 0 saturated heterocycles. The summed E-state index contributed by atoms with van der Waals surface area (Å²) in [5.74, 6) is -0.391. The van der Waals surface area contributed by atoms with Crippen molar-refractivity contribution < 1.29 is 31.1 Å². The summed E-state index contributed by atoms with van der Waals surface area (Å²) in [5, 5.41) is 3.58. The van der Waals surface area contributed by atoms with Gasteiger partial charge < -0.3 is 4.74 Å². The Labute approximate surface area is 136 Å². The van der Waals surface area contributed by atoms with Gasteiger partial charge in [-0.3, -0.25) is 0 Å². The first-order valence-corrected chi connectivity index (χ1v) is 6.83. The Morgan fingerprint density at radius 1 is 1.04 bits per heavy atom. The van der Waals surface area contributed by atoms with Gasteiger partial charge in [0.2, 0.25) is 0 Å². The molecule has 0 bridgehead atoms. The number of hydrogen-bond donors (Lipinski definition) is 0. The Bertz CT molecular complexity index is 929. The second-order valence-corrected chi connectivity index (χ2v) is 5.17. The van der Waals surface area contributed by atoms with Crippen LogP contribution in [0.25, 0.3) is 16.9 Å². The van der Waals surface area contributed by atoms with E-state index < -0.39 is 29.5 Å². The molecule has 0 fully saturated rings. The molecule has 0 aliphatic rings. The van der Waals surface area contributed by atoms with E-state index in [-0.39, 0.29) is 11.3 Å². The largest absolute Gasteiger partial charge is 0.573 e. The average Bonchev–Trinajstić information content (AvgIpc) is 2.91. The Morgan fingerprint density at radius 2 is 1.76 bits per heavy atom. The van der Waals surface area contributed by atoms with Gasteiger partial charge >= 0.3 is 12.5 Å². The van der Waals surface area contributed by atoms with Crippen LogP contribution in [0.2, 0.25) is 0 Å². The molecule has 0 radical (unpaired) electrons. The van der Waals surface area contributed by atoms with Crippen LogP contribution in [0.3, 0.4) is 0 Å². The topological polar surface area (TPSA) is 39.4 Å². The summed E-state index contributed by atoms with van der Waals surface area (Å²) in [6.07, 6.45) is -7.49. The van der Waals surface area contributed by atoms with Crippen LogP contribution in [0.4, 0.5) is 26.3 Å². The van der Waals surface area contributed by atoms with Crippen LogP contribution in [-0.2, 0) is 6.18 Å². The molecule has 0 amide bonds. The Kier molecular flexibility index (Phi) is 3.85. The SMILES string of the molecule is Cc1cc(-c2ccn3ncc(C(F)(F)F)c3n2)ccc1OC(F)(F)F. The number of rotatable bonds is 2. The smallest absolute Gasteiger partial charge is 0.406 e. The fourth-order valence-corrected chi connectivity index (χ4v) is 2.28. The van der Waals surface area contributed by atoms with Crippen LogP contribution >= 0.6 is 0 Å². The first kappa shape index (κ1) is 17.1. The molecule has 1 aromatic carbocycles. The van der Waals surface area contributed by atoms with E-state index in [4.69, 9.17) is 0 Å². The molecule has 0 N–H and O–H groups in total. The zero-order valence-corrected chi connectivity index (χ0v) is 12.5. The van der Waals surface area contributed by atoms with Crippen LogP contribution in [0, 0.1) is 6.92 Å². The standard InChI is InChI=1S/C15H9F6N3O/c1-8-6-9(2-3-12(8)25-15(19,20)21)11-4-5-24-13(23-11)10(7-22-24)14(16,17)18/h2-7H,1H3. The minimum Gasteiger partial charge on any atom is -0.406 e. The van der Waals surface area contributed by atoms with Crippen LogP contribution in [0.5, 0.6) is 5.75 Å². The number of halogens is 6. The van der Waals surface area contributed by atoms with E-state index in [1.165, 1.54) is 31.3 Å². The summed E-state index contributed by atoms with van der Waals surface area (Å²) in [6, 6.07) is 5.14. The molecule has 0 atom stereocenters. The molecule has 0 saturated carbocycles. The fraction of sp³-hybridized carbons (Fsp3) is 0.200. The Hall–Kier alpha value is -2.78. The third kappa shape index (κ3) is 3.52. The van der Waals surface area contributed by atoms with Gasteiger partial charge in [0.25, 0.3) is 0 Å². The van der Waals surface area contributed by atoms with Crippen LogP contribution in [0.15, 0.2) is 36.7 Å². The number of benzene rings is 1. The molecule has 2 aromatic heterocycles. The van der Waals surface area contributed by atoms with Gasteiger partial charge in [-0.05, 0) is 36.8 Å². The molecular weight excluding hydrogens is 352 g/mol. The minimum atomic E-state index is -4.83. The predicted molar refractivity (Wildman–Crippen MR) is 74.8 cm³/mol. The zero-order valence-electron chi connectivity index (χ0n) is 12.5. The van der Waals surface area contributed by atoms with Crippen molar-refractivity contribution in [3.8, 4) is 17.0 Å². The first-order chi connectivity index (χ1) is 11.5. The molecule has 132 valence electrons. The molecule has 25 heavy (non-hydrogen) atoms. The van der Waals surface area contributed by atoms with Crippen molar-refractivity contribution >= 4 is 5.65 Å². The van der Waals surface area contributed by atoms with Crippen molar-refractivity contribution in [2.75, 3.05) is 0 Å². The molecule has 0 spiro atoms. The molecule has 3 rings (SSSR count). The van der Waals surface area contributed by atoms with Gasteiger partial charge in [0.15, 0.2) is 5.65 Å². The molecular formula is C15H9F6N3O. The zero-order chi connectivity index (χ0) is 18.4. The lowest BCUT2D eigenvalue weighted by Gasteiger charge is -2.12. The molecule has 0 aliphatic carbocycles. The maximum atomic E-state index is 12.9. The second-order valence-electron chi connectivity index (χ2n) is 5.17. The Balaban J connectivity index is 2.03. The van der Waals surface area contributed by atoms with E-state index >= 15 is 0 Å². The Morgan fingerprint density at radius 3 is 2.36 bits per heavy atom. The van der Waals surface area contributed by atoms with E-state index in [0.29, 0.717) is 11.8 Å². The summed E-state index contributed by atoms with van der Waals surface area (Å²) in [5.41, 5.74) is -0.702. The lowest BCUT2D eigenvalue weighted by atomic mass is 10.1. The summed E-state index contributed by atoms with van der Waals surface area (Å²) < 4.78 is 80.5. The van der Waals surface area contributed by atoms with Gasteiger partial charge in [0, 0.05) is 11.8 Å². The van der Waals surface area contributed by atoms with Gasteiger partial charge in [-0.2, -0.15) is 18.3 Å². The van der Waals surface area contributed by atoms with Crippen LogP contribution < -0.4 is 4.74 Å². The molecule has 2 heterocycles. The van der Waals surface area contributed by atoms with E-state index in [1.807, 2.05) is 0 Å². The summed E-state index contributed by atoms with van der Waals surface area (Å²) >= 11 is 0. The van der Waals surface area contributed by atoms with Crippen molar-refractivity contribution in [1.82, 2.24) is 14.6 Å². The van der Waals surface area contributed by atoms with Crippen molar-refractivity contribution in [2.45, 2.75) is 19.5 Å². The number of fused-ring (bicyclic) bond motifs is 1. The van der Waals surface area contributed by atoms with E-state index in [1.54, 1.807) is 0 Å².